The van der Waals surface area contributed by atoms with Crippen molar-refractivity contribution in [2.75, 3.05) is 38.3 Å². The third-order valence-electron chi connectivity index (χ3n) is 6.64. The number of phenolic OH excluding ortho intramolecular Hbond substituents is 1. The van der Waals surface area contributed by atoms with Gasteiger partial charge in [-0.1, -0.05) is 36.4 Å². The first-order valence-corrected chi connectivity index (χ1v) is 11.2. The Kier molecular flexibility index (Phi) is 4.80. The summed E-state index contributed by atoms with van der Waals surface area (Å²) in [5, 5.41) is 17.8. The summed E-state index contributed by atoms with van der Waals surface area (Å²) in [7, 11) is 1.56. The van der Waals surface area contributed by atoms with E-state index in [1.54, 1.807) is 13.2 Å². The number of benzene rings is 3. The standard InChI is InChI=1S/C27H25N3O3/c1-32-25-16-19(6-9-24(25)31)17-2-4-18(5-3-17)26-23-15-20-14-21(30-10-12-33-13-11-30)7-8-22(20)27(23)29-28-26/h2-9,14,16,31H,10-13,15H2,1H3,(H,28,29). The van der Waals surface area contributed by atoms with Gasteiger partial charge < -0.3 is 19.5 Å². The van der Waals surface area contributed by atoms with Crippen LogP contribution >= 0.6 is 0 Å². The normalized spacial score (nSPS) is 14.8. The summed E-state index contributed by atoms with van der Waals surface area (Å²) in [6.07, 6.45) is 0.881. The number of rotatable bonds is 4. The number of fused-ring (bicyclic) bond motifs is 3. The highest BCUT2D eigenvalue weighted by molar-refractivity contribution is 5.83. The number of H-pyrrole nitrogens is 1. The molecule has 0 amide bonds. The molecule has 6 heteroatoms. The maximum absolute atomic E-state index is 9.86. The molecule has 2 N–H and O–H groups in total. The Morgan fingerprint density at radius 1 is 0.939 bits per heavy atom. The molecule has 0 bridgehead atoms. The number of morpholine rings is 1. The molecule has 3 aromatic carbocycles. The van der Waals surface area contributed by atoms with E-state index in [1.165, 1.54) is 22.4 Å². The highest BCUT2D eigenvalue weighted by atomic mass is 16.5. The molecule has 1 fully saturated rings. The Balaban J connectivity index is 1.28. The number of aromatic nitrogens is 2. The van der Waals surface area contributed by atoms with Gasteiger partial charge in [0.1, 0.15) is 0 Å². The molecule has 1 saturated heterocycles. The van der Waals surface area contributed by atoms with Crippen LogP contribution in [0, 0.1) is 0 Å². The molecule has 166 valence electrons. The molecule has 0 saturated carbocycles. The Morgan fingerprint density at radius 2 is 1.70 bits per heavy atom. The van der Waals surface area contributed by atoms with Gasteiger partial charge >= 0.3 is 0 Å². The molecule has 33 heavy (non-hydrogen) atoms. The van der Waals surface area contributed by atoms with Crippen molar-refractivity contribution in [2.24, 2.45) is 0 Å². The van der Waals surface area contributed by atoms with Crippen molar-refractivity contribution in [3.8, 4) is 45.1 Å². The van der Waals surface area contributed by atoms with Gasteiger partial charge in [0.2, 0.25) is 0 Å². The fourth-order valence-electron chi connectivity index (χ4n) is 4.86. The number of aromatic amines is 1. The van der Waals surface area contributed by atoms with Crippen molar-refractivity contribution < 1.29 is 14.6 Å². The monoisotopic (exact) mass is 439 g/mol. The van der Waals surface area contributed by atoms with Crippen molar-refractivity contribution in [1.82, 2.24) is 10.2 Å². The van der Waals surface area contributed by atoms with Crippen molar-refractivity contribution >= 4 is 5.69 Å². The van der Waals surface area contributed by atoms with Crippen molar-refractivity contribution in [2.45, 2.75) is 6.42 Å². The SMILES string of the molecule is COc1cc(-c2ccc(-c3n[nH]c4c3Cc3cc(N5CCOCC5)ccc3-4)cc2)ccc1O. The number of hydrogen-bond donors (Lipinski definition) is 2. The maximum atomic E-state index is 9.86. The van der Waals surface area contributed by atoms with E-state index in [1.807, 2.05) is 12.1 Å². The van der Waals surface area contributed by atoms with Gasteiger partial charge in [0.25, 0.3) is 0 Å². The average molecular weight is 440 g/mol. The number of anilines is 1. The molecule has 6 nitrogen and oxygen atoms in total. The van der Waals surface area contributed by atoms with Gasteiger partial charge in [-0.25, -0.2) is 0 Å². The lowest BCUT2D eigenvalue weighted by Crippen LogP contribution is -2.36. The second kappa shape index (κ2) is 7.98. The predicted molar refractivity (Wildman–Crippen MR) is 129 cm³/mol. The zero-order chi connectivity index (χ0) is 22.4. The second-order valence-electron chi connectivity index (χ2n) is 8.51. The molecule has 2 aliphatic rings. The Labute approximate surface area is 192 Å². The topological polar surface area (TPSA) is 70.6 Å². The minimum absolute atomic E-state index is 0.140. The zero-order valence-electron chi connectivity index (χ0n) is 18.5. The van der Waals surface area contributed by atoms with Gasteiger partial charge in [-0.05, 0) is 41.0 Å². The summed E-state index contributed by atoms with van der Waals surface area (Å²) in [4.78, 5) is 2.40. The van der Waals surface area contributed by atoms with Crippen LogP contribution in [0.3, 0.4) is 0 Å². The molecule has 4 aromatic rings. The van der Waals surface area contributed by atoms with Crippen LogP contribution in [0.2, 0.25) is 0 Å². The van der Waals surface area contributed by atoms with Gasteiger partial charge in [-0.2, -0.15) is 5.10 Å². The fourth-order valence-corrected chi connectivity index (χ4v) is 4.86. The largest absolute Gasteiger partial charge is 0.504 e. The molecular weight excluding hydrogens is 414 g/mol. The second-order valence-corrected chi connectivity index (χ2v) is 8.51. The van der Waals surface area contributed by atoms with Crippen molar-refractivity contribution in [1.29, 1.82) is 0 Å². The Morgan fingerprint density at radius 3 is 2.48 bits per heavy atom. The number of nitrogens with one attached hydrogen (secondary N) is 1. The third kappa shape index (κ3) is 3.43. The maximum Gasteiger partial charge on any atom is 0.161 e. The van der Waals surface area contributed by atoms with E-state index in [0.717, 1.165) is 60.8 Å². The average Bonchev–Trinajstić information content (AvgIpc) is 3.44. The smallest absolute Gasteiger partial charge is 0.161 e. The lowest BCUT2D eigenvalue weighted by molar-refractivity contribution is 0.122. The molecular formula is C27H25N3O3. The van der Waals surface area contributed by atoms with Gasteiger partial charge in [0.05, 0.1) is 31.7 Å². The molecule has 6 rings (SSSR count). The van der Waals surface area contributed by atoms with E-state index >= 15 is 0 Å². The molecule has 0 atom stereocenters. The number of aromatic hydroxyl groups is 1. The molecule has 1 aromatic heterocycles. The lowest BCUT2D eigenvalue weighted by Gasteiger charge is -2.29. The first kappa shape index (κ1) is 19.9. The van der Waals surface area contributed by atoms with Crippen LogP contribution in [0.15, 0.2) is 60.7 Å². The van der Waals surface area contributed by atoms with E-state index in [9.17, 15) is 5.11 Å². The predicted octanol–water partition coefficient (Wildman–Crippen LogP) is 4.87. The van der Waals surface area contributed by atoms with E-state index in [2.05, 4.69) is 57.6 Å². The van der Waals surface area contributed by atoms with Crippen molar-refractivity contribution in [3.05, 3.63) is 71.8 Å². The molecule has 0 unspecified atom stereocenters. The lowest BCUT2D eigenvalue weighted by atomic mass is 10.0. The summed E-state index contributed by atoms with van der Waals surface area (Å²) in [5.74, 6) is 0.609. The van der Waals surface area contributed by atoms with E-state index in [-0.39, 0.29) is 5.75 Å². The Hall–Kier alpha value is -3.77. The van der Waals surface area contributed by atoms with Crippen LogP contribution in [0.5, 0.6) is 11.5 Å². The van der Waals surface area contributed by atoms with E-state index < -0.39 is 0 Å². The van der Waals surface area contributed by atoms with Crippen LogP contribution in [-0.2, 0) is 11.2 Å². The molecule has 1 aliphatic heterocycles. The number of hydrogen-bond acceptors (Lipinski definition) is 5. The number of phenols is 1. The molecule has 0 spiro atoms. The zero-order valence-corrected chi connectivity index (χ0v) is 18.5. The van der Waals surface area contributed by atoms with Crippen LogP contribution in [0.4, 0.5) is 5.69 Å². The van der Waals surface area contributed by atoms with Crippen LogP contribution in [0.25, 0.3) is 33.6 Å². The summed E-state index contributed by atoms with van der Waals surface area (Å²) in [6.45, 7) is 3.46. The fraction of sp³-hybridized carbons (Fsp3) is 0.222. The molecule has 2 heterocycles. The van der Waals surface area contributed by atoms with E-state index in [0.29, 0.717) is 5.75 Å². The summed E-state index contributed by atoms with van der Waals surface area (Å²) >= 11 is 0. The highest BCUT2D eigenvalue weighted by Gasteiger charge is 2.26. The minimum atomic E-state index is 0.140. The van der Waals surface area contributed by atoms with Gasteiger partial charge in [0.15, 0.2) is 11.5 Å². The number of ether oxygens (including phenoxy) is 2. The summed E-state index contributed by atoms with van der Waals surface area (Å²) < 4.78 is 10.7. The third-order valence-corrected chi connectivity index (χ3v) is 6.64. The highest BCUT2D eigenvalue weighted by Crippen LogP contribution is 2.42. The van der Waals surface area contributed by atoms with Crippen LogP contribution in [0.1, 0.15) is 11.1 Å². The number of methoxy groups -OCH3 is 1. The number of nitrogens with zero attached hydrogens (tertiary/aromatic N) is 2. The van der Waals surface area contributed by atoms with Gasteiger partial charge in [-0.3, -0.25) is 5.10 Å². The molecule has 0 radical (unpaired) electrons. The first-order valence-electron chi connectivity index (χ1n) is 11.2. The van der Waals surface area contributed by atoms with Gasteiger partial charge in [0, 0.05) is 41.9 Å². The first-order chi connectivity index (χ1) is 16.2. The summed E-state index contributed by atoms with van der Waals surface area (Å²) in [6, 6.07) is 20.5. The van der Waals surface area contributed by atoms with Crippen LogP contribution < -0.4 is 9.64 Å². The summed E-state index contributed by atoms with van der Waals surface area (Å²) in [5.41, 5.74) is 10.4. The Bertz CT molecular complexity index is 1320. The minimum Gasteiger partial charge on any atom is -0.504 e. The van der Waals surface area contributed by atoms with Crippen molar-refractivity contribution in [3.63, 3.8) is 0 Å². The molecule has 1 aliphatic carbocycles. The van der Waals surface area contributed by atoms with Crippen LogP contribution in [-0.4, -0.2) is 48.7 Å². The quantitative estimate of drug-likeness (QED) is 0.418. The van der Waals surface area contributed by atoms with E-state index in [4.69, 9.17) is 9.47 Å². The van der Waals surface area contributed by atoms with Gasteiger partial charge in [-0.15, -0.1) is 0 Å².